The summed E-state index contributed by atoms with van der Waals surface area (Å²) in [6.45, 7) is 0.523. The number of aromatic nitrogens is 3. The van der Waals surface area contributed by atoms with E-state index in [-0.39, 0.29) is 11.8 Å². The van der Waals surface area contributed by atoms with Gasteiger partial charge in [0.25, 0.3) is 11.8 Å². The van der Waals surface area contributed by atoms with Crippen LogP contribution in [0.1, 0.15) is 25.7 Å². The van der Waals surface area contributed by atoms with Gasteiger partial charge in [0.2, 0.25) is 0 Å². The summed E-state index contributed by atoms with van der Waals surface area (Å²) in [5, 5.41) is 11.8. The first kappa shape index (κ1) is 18.6. The lowest BCUT2D eigenvalue weighted by Crippen LogP contribution is -2.14. The van der Waals surface area contributed by atoms with Crippen LogP contribution < -0.4 is 10.6 Å². The number of benzene rings is 1. The zero-order valence-electron chi connectivity index (χ0n) is 15.3. The highest BCUT2D eigenvalue weighted by Gasteiger charge is 2.10. The molecule has 3 aromatic heterocycles. The maximum absolute atomic E-state index is 12.4. The second-order valence-corrected chi connectivity index (χ2v) is 7.13. The molecule has 4 aromatic rings. The Morgan fingerprint density at radius 1 is 0.931 bits per heavy atom. The molecule has 7 nitrogen and oxygen atoms in total. The van der Waals surface area contributed by atoms with Crippen molar-refractivity contribution in [2.75, 3.05) is 10.6 Å². The second kappa shape index (κ2) is 8.49. The minimum Gasteiger partial charge on any atom is -0.321 e. The van der Waals surface area contributed by atoms with Gasteiger partial charge in [-0.25, -0.2) is 0 Å². The van der Waals surface area contributed by atoms with Gasteiger partial charge < -0.3 is 10.6 Å². The first-order chi connectivity index (χ1) is 14.2. The maximum atomic E-state index is 12.4. The van der Waals surface area contributed by atoms with Crippen LogP contribution in [0.4, 0.5) is 11.5 Å². The van der Waals surface area contributed by atoms with Crippen LogP contribution in [-0.4, -0.2) is 26.6 Å². The zero-order chi connectivity index (χ0) is 20.1. The van der Waals surface area contributed by atoms with Crippen molar-refractivity contribution in [2.24, 2.45) is 0 Å². The average molecular weight is 403 g/mol. The molecule has 0 atom stereocenters. The fourth-order valence-electron chi connectivity index (χ4n) is 2.67. The third kappa shape index (κ3) is 4.74. The summed E-state index contributed by atoms with van der Waals surface area (Å²) in [4.78, 5) is 29.4. The topological polar surface area (TPSA) is 88.9 Å². The molecule has 0 saturated carbocycles. The monoisotopic (exact) mass is 403 g/mol. The first-order valence-electron chi connectivity index (χ1n) is 8.87. The van der Waals surface area contributed by atoms with Crippen molar-refractivity contribution in [1.29, 1.82) is 0 Å². The number of carbonyl (C=O) groups excluding carboxylic acids is 2. The maximum Gasteiger partial charge on any atom is 0.265 e. The van der Waals surface area contributed by atoms with Gasteiger partial charge in [0.05, 0.1) is 17.1 Å². The Labute approximate surface area is 171 Å². The van der Waals surface area contributed by atoms with E-state index < -0.39 is 0 Å². The van der Waals surface area contributed by atoms with E-state index in [1.807, 2.05) is 29.6 Å². The van der Waals surface area contributed by atoms with Gasteiger partial charge in [-0.1, -0.05) is 12.1 Å². The summed E-state index contributed by atoms with van der Waals surface area (Å²) in [5.74, 6) is 0.0147. The number of carbonyl (C=O) groups is 2. The Morgan fingerprint density at radius 2 is 1.79 bits per heavy atom. The van der Waals surface area contributed by atoms with Crippen LogP contribution in [0, 0.1) is 0 Å². The van der Waals surface area contributed by atoms with E-state index in [0.717, 1.165) is 5.69 Å². The SMILES string of the molecule is O=C(Nc1ccn(Cc2ccccn2)n1)c1ccc(NC(=O)c2cccs2)cc1. The number of anilines is 2. The fraction of sp³-hybridized carbons (Fsp3) is 0.0476. The van der Waals surface area contributed by atoms with E-state index in [4.69, 9.17) is 0 Å². The number of hydrogen-bond donors (Lipinski definition) is 2. The zero-order valence-corrected chi connectivity index (χ0v) is 16.1. The molecule has 0 bridgehead atoms. The number of pyridine rings is 1. The first-order valence-corrected chi connectivity index (χ1v) is 9.75. The Hall–Kier alpha value is -3.78. The van der Waals surface area contributed by atoms with E-state index in [1.54, 1.807) is 53.5 Å². The van der Waals surface area contributed by atoms with Crippen molar-refractivity contribution in [3.8, 4) is 0 Å². The van der Waals surface area contributed by atoms with Gasteiger partial charge in [0.1, 0.15) is 0 Å². The molecule has 3 heterocycles. The lowest BCUT2D eigenvalue weighted by Gasteiger charge is -2.06. The van der Waals surface area contributed by atoms with Gasteiger partial charge in [0, 0.05) is 29.7 Å². The molecule has 0 fully saturated rings. The molecular weight excluding hydrogens is 386 g/mol. The third-order valence-electron chi connectivity index (χ3n) is 4.08. The van der Waals surface area contributed by atoms with Crippen LogP contribution in [0.5, 0.6) is 0 Å². The second-order valence-electron chi connectivity index (χ2n) is 6.18. The molecule has 2 amide bonds. The molecule has 29 heavy (non-hydrogen) atoms. The van der Waals surface area contributed by atoms with Gasteiger partial charge in [-0.3, -0.25) is 19.3 Å². The summed E-state index contributed by atoms with van der Waals surface area (Å²) in [5.41, 5.74) is 1.98. The van der Waals surface area contributed by atoms with Crippen LogP contribution >= 0.6 is 11.3 Å². The minimum atomic E-state index is -0.274. The number of amides is 2. The van der Waals surface area contributed by atoms with E-state index >= 15 is 0 Å². The Bertz CT molecular complexity index is 1110. The Morgan fingerprint density at radius 3 is 2.52 bits per heavy atom. The highest BCUT2D eigenvalue weighted by atomic mass is 32.1. The molecule has 0 aliphatic rings. The largest absolute Gasteiger partial charge is 0.321 e. The molecule has 144 valence electrons. The van der Waals surface area contributed by atoms with Gasteiger partial charge >= 0.3 is 0 Å². The van der Waals surface area contributed by atoms with Crippen molar-refractivity contribution in [3.05, 3.63) is 94.6 Å². The predicted molar refractivity (Wildman–Crippen MR) is 112 cm³/mol. The van der Waals surface area contributed by atoms with Crippen molar-refractivity contribution in [2.45, 2.75) is 6.54 Å². The molecule has 2 N–H and O–H groups in total. The number of nitrogens with zero attached hydrogens (tertiary/aromatic N) is 3. The standard InChI is InChI=1S/C21H17N5O2S/c27-20(24-19-10-12-26(25-19)14-17-4-1-2-11-22-17)15-6-8-16(9-7-15)23-21(28)18-5-3-13-29-18/h1-13H,14H2,(H,23,28)(H,24,25,27). The average Bonchev–Trinajstić information content (AvgIpc) is 3.42. The molecule has 8 heteroatoms. The van der Waals surface area contributed by atoms with Crippen molar-refractivity contribution in [3.63, 3.8) is 0 Å². The van der Waals surface area contributed by atoms with Gasteiger partial charge in [-0.05, 0) is 47.8 Å². The van der Waals surface area contributed by atoms with Crippen molar-refractivity contribution in [1.82, 2.24) is 14.8 Å². The summed E-state index contributed by atoms with van der Waals surface area (Å²) in [6.07, 6.45) is 3.52. The molecule has 4 rings (SSSR count). The Kier molecular flexibility index (Phi) is 5.44. The number of nitrogens with one attached hydrogen (secondary N) is 2. The molecule has 0 unspecified atom stereocenters. The van der Waals surface area contributed by atoms with E-state index in [1.165, 1.54) is 11.3 Å². The van der Waals surface area contributed by atoms with Crippen LogP contribution in [0.2, 0.25) is 0 Å². The summed E-state index contributed by atoms with van der Waals surface area (Å²) in [6, 6.07) is 17.7. The highest BCUT2D eigenvalue weighted by molar-refractivity contribution is 7.12. The minimum absolute atomic E-state index is 0.171. The van der Waals surface area contributed by atoms with Crippen LogP contribution in [-0.2, 0) is 6.54 Å². The fourth-order valence-corrected chi connectivity index (χ4v) is 3.29. The van der Waals surface area contributed by atoms with Crippen LogP contribution in [0.3, 0.4) is 0 Å². The molecule has 0 radical (unpaired) electrons. The third-order valence-corrected chi connectivity index (χ3v) is 4.95. The summed E-state index contributed by atoms with van der Waals surface area (Å²) < 4.78 is 1.71. The molecule has 1 aromatic carbocycles. The quantitative estimate of drug-likeness (QED) is 0.511. The predicted octanol–water partition coefficient (Wildman–Crippen LogP) is 3.89. The van der Waals surface area contributed by atoms with E-state index in [0.29, 0.717) is 28.5 Å². The van der Waals surface area contributed by atoms with Gasteiger partial charge in [-0.2, -0.15) is 5.10 Å². The van der Waals surface area contributed by atoms with Crippen LogP contribution in [0.15, 0.2) is 78.4 Å². The van der Waals surface area contributed by atoms with Crippen molar-refractivity contribution < 1.29 is 9.59 Å². The molecule has 0 aliphatic carbocycles. The van der Waals surface area contributed by atoms with Gasteiger partial charge in [0.15, 0.2) is 5.82 Å². The summed E-state index contributed by atoms with van der Waals surface area (Å²) in [7, 11) is 0. The summed E-state index contributed by atoms with van der Waals surface area (Å²) >= 11 is 1.37. The number of rotatable bonds is 6. The van der Waals surface area contributed by atoms with Crippen LogP contribution in [0.25, 0.3) is 0 Å². The molecular formula is C21H17N5O2S. The van der Waals surface area contributed by atoms with E-state index in [2.05, 4.69) is 20.7 Å². The molecule has 0 spiro atoms. The van der Waals surface area contributed by atoms with Crippen molar-refractivity contribution >= 4 is 34.7 Å². The molecule has 0 saturated heterocycles. The Balaban J connectivity index is 1.35. The lowest BCUT2D eigenvalue weighted by molar-refractivity contribution is 0.102. The number of hydrogen-bond acceptors (Lipinski definition) is 5. The highest BCUT2D eigenvalue weighted by Crippen LogP contribution is 2.15. The lowest BCUT2D eigenvalue weighted by atomic mass is 10.2. The smallest absolute Gasteiger partial charge is 0.265 e. The normalized spacial score (nSPS) is 10.5. The van der Waals surface area contributed by atoms with Gasteiger partial charge in [-0.15, -0.1) is 11.3 Å². The number of thiophene rings is 1. The molecule has 0 aliphatic heterocycles. The van der Waals surface area contributed by atoms with E-state index in [9.17, 15) is 9.59 Å².